The molecule has 0 fully saturated rings. The minimum Gasteiger partial charge on any atom is -0.337 e. The first-order valence-corrected chi connectivity index (χ1v) is 5.91. The lowest BCUT2D eigenvalue weighted by atomic mass is 10.0. The van der Waals surface area contributed by atoms with E-state index in [0.29, 0.717) is 23.2 Å². The summed E-state index contributed by atoms with van der Waals surface area (Å²) >= 11 is 0. The summed E-state index contributed by atoms with van der Waals surface area (Å²) in [7, 11) is 0. The first-order valence-electron chi connectivity index (χ1n) is 5.91. The van der Waals surface area contributed by atoms with Crippen LogP contribution in [0.4, 0.5) is 4.39 Å². The van der Waals surface area contributed by atoms with Gasteiger partial charge in [-0.1, -0.05) is 31.1 Å². The summed E-state index contributed by atoms with van der Waals surface area (Å²) in [6, 6.07) is 5.79. The average Bonchev–Trinajstić information content (AvgIpc) is 2.77. The van der Waals surface area contributed by atoms with Gasteiger partial charge in [-0.25, -0.2) is 4.39 Å². The van der Waals surface area contributed by atoms with Crippen molar-refractivity contribution >= 4 is 0 Å². The summed E-state index contributed by atoms with van der Waals surface area (Å²) in [5, 5.41) is 3.82. The number of rotatable bonds is 4. The molecule has 2 N–H and O–H groups in total. The topological polar surface area (TPSA) is 64.9 Å². The number of benzene rings is 1. The Morgan fingerprint density at radius 1 is 1.39 bits per heavy atom. The Bertz CT molecular complexity index is 524. The predicted molar refractivity (Wildman–Crippen MR) is 66.1 cm³/mol. The quantitative estimate of drug-likeness (QED) is 0.904. The third-order valence-electron chi connectivity index (χ3n) is 2.57. The van der Waals surface area contributed by atoms with Gasteiger partial charge < -0.3 is 10.3 Å². The minimum atomic E-state index is -0.328. The van der Waals surface area contributed by atoms with E-state index in [1.54, 1.807) is 12.1 Å². The molecule has 5 heteroatoms. The van der Waals surface area contributed by atoms with Crippen LogP contribution in [-0.4, -0.2) is 10.1 Å². The Hall–Kier alpha value is -1.75. The highest BCUT2D eigenvalue weighted by atomic mass is 19.1. The van der Waals surface area contributed by atoms with Gasteiger partial charge in [0.25, 0.3) is 0 Å². The maximum Gasteiger partial charge on any atom is 0.243 e. The van der Waals surface area contributed by atoms with Crippen LogP contribution in [0.1, 0.15) is 32.2 Å². The Kier molecular flexibility index (Phi) is 3.72. The molecule has 1 atom stereocenters. The second-order valence-corrected chi connectivity index (χ2v) is 4.70. The van der Waals surface area contributed by atoms with Crippen LogP contribution < -0.4 is 5.73 Å². The number of hydrogen-bond donors (Lipinski definition) is 1. The molecule has 1 aromatic carbocycles. The highest BCUT2D eigenvalue weighted by Crippen LogP contribution is 2.21. The van der Waals surface area contributed by atoms with Gasteiger partial charge in [0.1, 0.15) is 5.82 Å². The smallest absolute Gasteiger partial charge is 0.243 e. The van der Waals surface area contributed by atoms with Crippen molar-refractivity contribution in [1.82, 2.24) is 10.1 Å². The van der Waals surface area contributed by atoms with Crippen LogP contribution in [0.25, 0.3) is 11.4 Å². The molecule has 0 aliphatic heterocycles. The zero-order chi connectivity index (χ0) is 13.1. The molecule has 0 saturated heterocycles. The first kappa shape index (κ1) is 12.7. The molecule has 0 radical (unpaired) electrons. The molecule has 0 bridgehead atoms. The highest BCUT2D eigenvalue weighted by Gasteiger charge is 2.16. The Morgan fingerprint density at radius 3 is 2.83 bits per heavy atom. The maximum atomic E-state index is 13.1. The van der Waals surface area contributed by atoms with Crippen molar-refractivity contribution in [3.63, 3.8) is 0 Å². The number of hydrogen-bond acceptors (Lipinski definition) is 4. The Morgan fingerprint density at radius 2 is 2.17 bits per heavy atom. The van der Waals surface area contributed by atoms with Gasteiger partial charge in [0.15, 0.2) is 0 Å². The summed E-state index contributed by atoms with van der Waals surface area (Å²) < 4.78 is 18.2. The van der Waals surface area contributed by atoms with Crippen LogP contribution in [0.3, 0.4) is 0 Å². The van der Waals surface area contributed by atoms with Crippen molar-refractivity contribution in [3.8, 4) is 11.4 Å². The van der Waals surface area contributed by atoms with E-state index in [1.165, 1.54) is 12.1 Å². The Balaban J connectivity index is 2.20. The van der Waals surface area contributed by atoms with Crippen LogP contribution in [0.15, 0.2) is 28.8 Å². The molecular weight excluding hydrogens is 233 g/mol. The third kappa shape index (κ3) is 2.92. The van der Waals surface area contributed by atoms with Gasteiger partial charge in [-0.2, -0.15) is 4.98 Å². The fourth-order valence-corrected chi connectivity index (χ4v) is 1.74. The molecule has 0 saturated carbocycles. The van der Waals surface area contributed by atoms with Crippen molar-refractivity contribution in [1.29, 1.82) is 0 Å². The summed E-state index contributed by atoms with van der Waals surface area (Å²) in [5.74, 6) is 0.876. The third-order valence-corrected chi connectivity index (χ3v) is 2.57. The minimum absolute atomic E-state index is 0.278. The maximum absolute atomic E-state index is 13.1. The zero-order valence-corrected chi connectivity index (χ0v) is 10.4. The van der Waals surface area contributed by atoms with Crippen LogP contribution in [-0.2, 0) is 0 Å². The molecule has 4 nitrogen and oxygen atoms in total. The van der Waals surface area contributed by atoms with Gasteiger partial charge in [-0.15, -0.1) is 0 Å². The molecule has 1 heterocycles. The van der Waals surface area contributed by atoms with E-state index < -0.39 is 0 Å². The van der Waals surface area contributed by atoms with Gasteiger partial charge in [0.05, 0.1) is 6.04 Å². The van der Waals surface area contributed by atoms with E-state index in [2.05, 4.69) is 24.0 Å². The summed E-state index contributed by atoms with van der Waals surface area (Å²) in [4.78, 5) is 4.21. The molecule has 0 amide bonds. The predicted octanol–water partition coefficient (Wildman–Crippen LogP) is 2.92. The van der Waals surface area contributed by atoms with Crippen molar-refractivity contribution in [2.24, 2.45) is 11.7 Å². The Labute approximate surface area is 105 Å². The van der Waals surface area contributed by atoms with Gasteiger partial charge >= 0.3 is 0 Å². The SMILES string of the molecule is CC(C)C[C@@H](N)c1nc(-c2cccc(F)c2)no1. The van der Waals surface area contributed by atoms with Gasteiger partial charge in [0.2, 0.25) is 11.7 Å². The lowest BCUT2D eigenvalue weighted by Gasteiger charge is -2.08. The monoisotopic (exact) mass is 249 g/mol. The molecule has 18 heavy (non-hydrogen) atoms. The van der Waals surface area contributed by atoms with Gasteiger partial charge in [-0.05, 0) is 24.5 Å². The van der Waals surface area contributed by atoms with E-state index >= 15 is 0 Å². The average molecular weight is 249 g/mol. The largest absolute Gasteiger partial charge is 0.337 e. The fourth-order valence-electron chi connectivity index (χ4n) is 1.74. The number of halogens is 1. The molecule has 0 spiro atoms. The fraction of sp³-hybridized carbons (Fsp3) is 0.385. The van der Waals surface area contributed by atoms with Gasteiger partial charge in [0, 0.05) is 5.56 Å². The molecule has 2 aromatic rings. The molecule has 2 rings (SSSR count). The van der Waals surface area contributed by atoms with Crippen molar-refractivity contribution in [2.45, 2.75) is 26.3 Å². The first-order chi connectivity index (χ1) is 8.56. The van der Waals surface area contributed by atoms with E-state index in [4.69, 9.17) is 10.3 Å². The molecule has 0 aliphatic carbocycles. The van der Waals surface area contributed by atoms with Crippen molar-refractivity contribution in [3.05, 3.63) is 36.0 Å². The number of aromatic nitrogens is 2. The van der Waals surface area contributed by atoms with Crippen LogP contribution in [0.2, 0.25) is 0 Å². The standard InChI is InChI=1S/C13H16FN3O/c1-8(2)6-11(15)13-16-12(17-18-13)9-4-3-5-10(14)7-9/h3-5,7-8,11H,6,15H2,1-2H3/t11-/m1/s1. The molecule has 0 unspecified atom stereocenters. The van der Waals surface area contributed by atoms with Crippen LogP contribution >= 0.6 is 0 Å². The van der Waals surface area contributed by atoms with Crippen LogP contribution in [0.5, 0.6) is 0 Å². The van der Waals surface area contributed by atoms with Crippen molar-refractivity contribution in [2.75, 3.05) is 0 Å². The second-order valence-electron chi connectivity index (χ2n) is 4.70. The molecular formula is C13H16FN3O. The zero-order valence-electron chi connectivity index (χ0n) is 10.4. The summed E-state index contributed by atoms with van der Waals surface area (Å²) in [5.41, 5.74) is 6.53. The molecule has 96 valence electrons. The normalized spacial score (nSPS) is 12.9. The van der Waals surface area contributed by atoms with E-state index in [0.717, 1.165) is 6.42 Å². The molecule has 1 aromatic heterocycles. The van der Waals surface area contributed by atoms with E-state index in [1.807, 2.05) is 0 Å². The highest BCUT2D eigenvalue weighted by molar-refractivity contribution is 5.53. The van der Waals surface area contributed by atoms with E-state index in [-0.39, 0.29) is 11.9 Å². The lowest BCUT2D eigenvalue weighted by molar-refractivity contribution is 0.335. The van der Waals surface area contributed by atoms with Crippen LogP contribution in [0, 0.1) is 11.7 Å². The van der Waals surface area contributed by atoms with Gasteiger partial charge in [-0.3, -0.25) is 0 Å². The van der Waals surface area contributed by atoms with Crippen molar-refractivity contribution < 1.29 is 8.91 Å². The summed E-state index contributed by atoms with van der Waals surface area (Å²) in [6.45, 7) is 4.15. The lowest BCUT2D eigenvalue weighted by Crippen LogP contribution is -2.13. The number of nitrogens with zero attached hydrogens (tertiary/aromatic N) is 2. The number of nitrogens with two attached hydrogens (primary N) is 1. The molecule has 0 aliphatic rings. The van der Waals surface area contributed by atoms with E-state index in [9.17, 15) is 4.39 Å². The summed E-state index contributed by atoms with van der Waals surface area (Å²) in [6.07, 6.45) is 0.769. The second kappa shape index (κ2) is 5.27.